The molecule has 2 saturated heterocycles. The molecule has 2 fully saturated rings. The van der Waals surface area contributed by atoms with Gasteiger partial charge in [-0.25, -0.2) is 0 Å². The summed E-state index contributed by atoms with van der Waals surface area (Å²) in [5, 5.41) is 72.0. The molecule has 203 valence electrons. The number of aliphatic hydroxyl groups excluding tert-OH is 7. The molecule has 10 atom stereocenters. The molecular formula is C18H34Ac7N2O11. The molecule has 2 aliphatic heterocycles. The second kappa shape index (κ2) is 33.3. The van der Waals surface area contributed by atoms with Crippen LogP contribution in [0.3, 0.4) is 0 Å². The molecule has 2 rings (SSSR count). The predicted octanol–water partition coefficient (Wildman–Crippen LogP) is -4.75. The Morgan fingerprint density at radius 2 is 1.26 bits per heavy atom. The Bertz CT molecular complexity index is 579. The van der Waals surface area contributed by atoms with Gasteiger partial charge < -0.3 is 61.0 Å². The van der Waals surface area contributed by atoms with Gasteiger partial charge in [0.1, 0.15) is 48.8 Å². The molecule has 38 heavy (non-hydrogen) atoms. The van der Waals surface area contributed by atoms with Crippen molar-refractivity contribution in [2.24, 2.45) is 5.73 Å². The number of hydrogen-bond donors (Lipinski definition) is 9. The van der Waals surface area contributed by atoms with Gasteiger partial charge in [-0.3, -0.25) is 4.79 Å². The number of rotatable bonds is 10. The maximum atomic E-state index is 12.1. The Kier molecular flexibility index (Phi) is 51.9. The van der Waals surface area contributed by atoms with Crippen LogP contribution in [0.15, 0.2) is 0 Å². The zero-order valence-corrected chi connectivity index (χ0v) is 54.3. The largest absolute Gasteiger partial charge is 0.394 e. The summed E-state index contributed by atoms with van der Waals surface area (Å²) in [4.78, 5) is 12.1. The molecule has 1 amide bonds. The number of carbonyl (C=O) groups is 1. The molecule has 0 aromatic rings. The molecule has 0 spiro atoms. The van der Waals surface area contributed by atoms with E-state index in [9.17, 15) is 40.5 Å². The zero-order chi connectivity index (χ0) is 23.1. The number of nitrogens with one attached hydrogen (secondary N) is 1. The summed E-state index contributed by atoms with van der Waals surface area (Å²) < 4.78 is 16.1. The number of ether oxygens (including phenoxy) is 3. The van der Waals surface area contributed by atoms with E-state index in [1.165, 1.54) is 0 Å². The van der Waals surface area contributed by atoms with Crippen LogP contribution in [0.2, 0.25) is 0 Å². The van der Waals surface area contributed by atoms with E-state index in [1.807, 2.05) is 0 Å². The average Bonchev–Trinajstić information content (AvgIpc) is 2.76. The molecule has 13 nitrogen and oxygen atoms in total. The topological polar surface area (TPSA) is 224 Å². The quantitative estimate of drug-likeness (QED) is 0.0943. The van der Waals surface area contributed by atoms with Gasteiger partial charge in [0.15, 0.2) is 12.5 Å². The molecular weight excluding hydrogens is 2010 g/mol. The van der Waals surface area contributed by atoms with E-state index in [4.69, 9.17) is 19.9 Å². The van der Waals surface area contributed by atoms with Gasteiger partial charge in [-0.2, -0.15) is 0 Å². The Morgan fingerprint density at radius 3 is 1.76 bits per heavy atom. The van der Waals surface area contributed by atoms with Crippen molar-refractivity contribution in [1.82, 2.24) is 5.32 Å². The third-order valence-corrected chi connectivity index (χ3v) is 5.42. The molecule has 0 saturated carbocycles. The van der Waals surface area contributed by atoms with Crippen molar-refractivity contribution in [3.05, 3.63) is 0 Å². The summed E-state index contributed by atoms with van der Waals surface area (Å²) in [5.41, 5.74) is 5.40. The number of amides is 1. The van der Waals surface area contributed by atoms with E-state index in [2.05, 4.69) is 5.32 Å². The molecule has 7 radical (unpaired) electrons. The van der Waals surface area contributed by atoms with E-state index in [0.717, 1.165) is 12.8 Å². The molecule has 20 heteroatoms. The summed E-state index contributed by atoms with van der Waals surface area (Å²) in [6, 6.07) is 0. The molecule has 0 bridgehead atoms. The SMILES string of the molecule is NCCCCCC(=O)NC1OC(CO)C(OC2OC(CO)C(O)C(O)C2O)C(O)C1O.[Ac].[Ac].[Ac].[Ac].[Ac].[Ac].[Ac]. The van der Waals surface area contributed by atoms with E-state index in [-0.39, 0.29) is 315 Å². The fourth-order valence-electron chi connectivity index (χ4n) is 3.55. The molecule has 10 unspecified atom stereocenters. The smallest absolute Gasteiger partial charge is 0.222 e. The van der Waals surface area contributed by atoms with Crippen LogP contribution in [0.1, 0.15) is 25.7 Å². The van der Waals surface area contributed by atoms with Crippen LogP contribution >= 0.6 is 0 Å². The Labute approximate surface area is 473 Å². The number of hydrogen-bond acceptors (Lipinski definition) is 12. The maximum Gasteiger partial charge on any atom is 0.222 e. The zero-order valence-electron chi connectivity index (χ0n) is 21.1. The van der Waals surface area contributed by atoms with Gasteiger partial charge in [0.2, 0.25) is 5.91 Å². The minimum atomic E-state index is -1.74. The Morgan fingerprint density at radius 1 is 0.711 bits per heavy atom. The van der Waals surface area contributed by atoms with Crippen LogP contribution in [0, 0.1) is 308 Å². The van der Waals surface area contributed by atoms with E-state index in [0.29, 0.717) is 13.0 Å². The van der Waals surface area contributed by atoms with Gasteiger partial charge in [0, 0.05) is 315 Å². The fourth-order valence-corrected chi connectivity index (χ4v) is 3.55. The van der Waals surface area contributed by atoms with Crippen LogP contribution < -0.4 is 11.1 Å². The van der Waals surface area contributed by atoms with Crippen LogP contribution in [-0.2, 0) is 19.0 Å². The minimum absolute atomic E-state index is 0. The second-order valence-electron chi connectivity index (χ2n) is 7.72. The maximum absolute atomic E-state index is 12.1. The van der Waals surface area contributed by atoms with Crippen molar-refractivity contribution >= 4 is 5.91 Å². The summed E-state index contributed by atoms with van der Waals surface area (Å²) in [6.45, 7) is -0.832. The number of aliphatic hydroxyl groups is 7. The second-order valence-corrected chi connectivity index (χ2v) is 7.72. The predicted molar refractivity (Wildman–Crippen MR) is 102 cm³/mol. The number of nitrogens with two attached hydrogens (primary N) is 1. The van der Waals surface area contributed by atoms with Gasteiger partial charge in [-0.1, -0.05) is 6.42 Å². The first-order valence-corrected chi connectivity index (χ1v) is 10.3. The first-order valence-electron chi connectivity index (χ1n) is 10.3. The van der Waals surface area contributed by atoms with Crippen molar-refractivity contribution < 1.29 is 363 Å². The van der Waals surface area contributed by atoms with Crippen LogP contribution in [0.5, 0.6) is 0 Å². The summed E-state index contributed by atoms with van der Waals surface area (Å²) in [6.07, 6.45) is -12.9. The molecule has 10 N–H and O–H groups in total. The summed E-state index contributed by atoms with van der Waals surface area (Å²) in [7, 11) is 0. The van der Waals surface area contributed by atoms with Gasteiger partial charge in [0.25, 0.3) is 0 Å². The fraction of sp³-hybridized carbons (Fsp3) is 0.944. The van der Waals surface area contributed by atoms with E-state index in [1.54, 1.807) is 0 Å². The van der Waals surface area contributed by atoms with E-state index >= 15 is 0 Å². The van der Waals surface area contributed by atoms with Gasteiger partial charge in [-0.15, -0.1) is 0 Å². The monoisotopic (exact) mass is 2040 g/mol. The van der Waals surface area contributed by atoms with Crippen molar-refractivity contribution in [2.45, 2.75) is 87.0 Å². The standard InChI is InChI=1S/C18H34N2O11.7Ac/c19-5-3-1-2-4-10(23)20-17-14(27)13(26)16(9(7-22)29-17)31-18-15(28)12(25)11(24)8(6-21)30-18;;;;;;;/h8-9,11-18,21-22,24-28H,1-7,19H2,(H,20,23);;;;;;;. The Hall–Kier alpha value is 9.12. The molecule has 0 aliphatic carbocycles. The van der Waals surface area contributed by atoms with Gasteiger partial charge >= 0.3 is 0 Å². The van der Waals surface area contributed by atoms with Crippen LogP contribution in [-0.4, -0.2) is 123 Å². The number of carbonyl (C=O) groups excluding carboxylic acids is 1. The van der Waals surface area contributed by atoms with E-state index < -0.39 is 80.5 Å². The number of unbranched alkanes of at least 4 members (excludes halogenated alkanes) is 2. The Balaban J connectivity index is -0.000000366. The van der Waals surface area contributed by atoms with Crippen LogP contribution in [0.25, 0.3) is 0 Å². The van der Waals surface area contributed by atoms with Crippen molar-refractivity contribution in [3.63, 3.8) is 0 Å². The van der Waals surface area contributed by atoms with Crippen molar-refractivity contribution in [1.29, 1.82) is 0 Å². The first-order chi connectivity index (χ1) is 14.7. The van der Waals surface area contributed by atoms with Crippen molar-refractivity contribution in [2.75, 3.05) is 19.8 Å². The first kappa shape index (κ1) is 59.3. The summed E-state index contributed by atoms with van der Waals surface area (Å²) in [5.74, 6) is -0.418. The third-order valence-electron chi connectivity index (χ3n) is 5.42. The summed E-state index contributed by atoms with van der Waals surface area (Å²) >= 11 is 0. The third kappa shape index (κ3) is 19.5. The van der Waals surface area contributed by atoms with Crippen molar-refractivity contribution in [3.8, 4) is 0 Å². The van der Waals surface area contributed by atoms with Crippen LogP contribution in [0.4, 0.5) is 0 Å². The minimum Gasteiger partial charge on any atom is -0.394 e. The molecule has 0 aromatic carbocycles. The van der Waals surface area contributed by atoms with Gasteiger partial charge in [0.05, 0.1) is 13.2 Å². The average molecular weight is 2040 g/mol. The molecule has 0 aromatic heterocycles. The van der Waals surface area contributed by atoms with Gasteiger partial charge in [-0.05, 0) is 19.4 Å². The molecule has 2 aliphatic rings. The molecule has 2 heterocycles. The normalized spacial score (nSPS) is 33.6.